The summed E-state index contributed by atoms with van der Waals surface area (Å²) in [5.41, 5.74) is 7.94. The standard InChI is InChI=1S/C24H15F3N2O2/c25-17-9-7-14(22(26)23(17)27)12-29-18-4-1-3-16(24(28)30)21(18)15-8-6-13(11-19(15)29)20-5-2-10-31-20/h1-11H,12H2,(H2,28,30). The number of primary amides is 1. The maximum atomic E-state index is 14.4. The highest BCUT2D eigenvalue weighted by atomic mass is 19.2. The molecule has 0 aliphatic heterocycles. The smallest absolute Gasteiger partial charge is 0.249 e. The molecule has 0 aliphatic carbocycles. The predicted octanol–water partition coefficient (Wildman–Crippen LogP) is 5.62. The van der Waals surface area contributed by atoms with Gasteiger partial charge in [0.25, 0.3) is 0 Å². The van der Waals surface area contributed by atoms with Crippen LogP contribution >= 0.6 is 0 Å². The quantitative estimate of drug-likeness (QED) is 0.384. The van der Waals surface area contributed by atoms with Gasteiger partial charge < -0.3 is 14.7 Å². The van der Waals surface area contributed by atoms with Gasteiger partial charge in [0.15, 0.2) is 17.5 Å². The number of nitrogens with zero attached hydrogens (tertiary/aromatic N) is 1. The molecule has 0 aliphatic rings. The van der Waals surface area contributed by atoms with Crippen molar-refractivity contribution >= 4 is 27.7 Å². The summed E-state index contributed by atoms with van der Waals surface area (Å²) in [6.07, 6.45) is 1.55. The minimum atomic E-state index is -1.52. The first-order valence-electron chi connectivity index (χ1n) is 9.46. The van der Waals surface area contributed by atoms with E-state index in [1.54, 1.807) is 41.2 Å². The van der Waals surface area contributed by atoms with Crippen LogP contribution in [0.5, 0.6) is 0 Å². The largest absolute Gasteiger partial charge is 0.464 e. The highest BCUT2D eigenvalue weighted by Crippen LogP contribution is 2.35. The molecule has 5 aromatic rings. The molecule has 3 aromatic carbocycles. The topological polar surface area (TPSA) is 61.2 Å². The van der Waals surface area contributed by atoms with Crippen LogP contribution in [0.3, 0.4) is 0 Å². The molecule has 2 aromatic heterocycles. The van der Waals surface area contributed by atoms with Crippen LogP contribution in [0.25, 0.3) is 33.1 Å². The molecule has 0 radical (unpaired) electrons. The number of halogens is 3. The molecule has 0 bridgehead atoms. The first-order valence-corrected chi connectivity index (χ1v) is 9.46. The molecule has 154 valence electrons. The molecule has 4 nitrogen and oxygen atoms in total. The number of rotatable bonds is 4. The lowest BCUT2D eigenvalue weighted by atomic mass is 10.0. The van der Waals surface area contributed by atoms with E-state index in [0.29, 0.717) is 27.7 Å². The van der Waals surface area contributed by atoms with Gasteiger partial charge in [-0.2, -0.15) is 0 Å². The van der Waals surface area contributed by atoms with Crippen LogP contribution in [0.4, 0.5) is 13.2 Å². The van der Waals surface area contributed by atoms with E-state index < -0.39 is 23.4 Å². The molecule has 0 atom stereocenters. The second-order valence-corrected chi connectivity index (χ2v) is 7.19. The lowest BCUT2D eigenvalue weighted by molar-refractivity contribution is 0.100. The van der Waals surface area contributed by atoms with Crippen LogP contribution in [0, 0.1) is 17.5 Å². The van der Waals surface area contributed by atoms with Gasteiger partial charge in [-0.25, -0.2) is 13.2 Å². The van der Waals surface area contributed by atoms with Gasteiger partial charge in [0, 0.05) is 27.5 Å². The molecule has 0 unspecified atom stereocenters. The zero-order chi connectivity index (χ0) is 21.7. The van der Waals surface area contributed by atoms with Gasteiger partial charge in [-0.15, -0.1) is 0 Å². The number of furan rings is 1. The lowest BCUT2D eigenvalue weighted by Gasteiger charge is -2.10. The lowest BCUT2D eigenvalue weighted by Crippen LogP contribution is -2.11. The van der Waals surface area contributed by atoms with Crippen LogP contribution in [-0.4, -0.2) is 10.5 Å². The van der Waals surface area contributed by atoms with Crippen molar-refractivity contribution in [3.05, 3.63) is 95.5 Å². The number of aromatic nitrogens is 1. The number of amides is 1. The zero-order valence-electron chi connectivity index (χ0n) is 16.0. The van der Waals surface area contributed by atoms with Crippen LogP contribution in [0.15, 0.2) is 71.3 Å². The molecule has 0 saturated carbocycles. The SMILES string of the molecule is NC(=O)c1cccc2c1c1ccc(-c3ccco3)cc1n2Cc1ccc(F)c(F)c1F. The minimum absolute atomic E-state index is 0.0226. The van der Waals surface area contributed by atoms with Crippen molar-refractivity contribution in [1.82, 2.24) is 4.57 Å². The van der Waals surface area contributed by atoms with Gasteiger partial charge in [0.05, 0.1) is 23.8 Å². The van der Waals surface area contributed by atoms with Gasteiger partial charge >= 0.3 is 0 Å². The summed E-state index contributed by atoms with van der Waals surface area (Å²) >= 11 is 0. The van der Waals surface area contributed by atoms with Crippen LogP contribution < -0.4 is 5.73 Å². The molecular formula is C24H15F3N2O2. The van der Waals surface area contributed by atoms with Gasteiger partial charge in [-0.1, -0.05) is 24.3 Å². The summed E-state index contributed by atoms with van der Waals surface area (Å²) in [7, 11) is 0. The fraction of sp³-hybridized carbons (Fsp3) is 0.0417. The first kappa shape index (κ1) is 19.0. The predicted molar refractivity (Wildman–Crippen MR) is 111 cm³/mol. The summed E-state index contributed by atoms with van der Waals surface area (Å²) in [6.45, 7) is -0.0765. The molecule has 5 rings (SSSR count). The zero-order valence-corrected chi connectivity index (χ0v) is 16.0. The van der Waals surface area contributed by atoms with Crippen molar-refractivity contribution in [3.8, 4) is 11.3 Å². The third-order valence-electron chi connectivity index (χ3n) is 5.41. The molecule has 2 heterocycles. The van der Waals surface area contributed by atoms with Gasteiger partial charge in [-0.05, 0) is 36.4 Å². The van der Waals surface area contributed by atoms with E-state index in [2.05, 4.69) is 0 Å². The number of nitrogens with two attached hydrogens (primary N) is 1. The molecule has 7 heteroatoms. The molecule has 31 heavy (non-hydrogen) atoms. The average Bonchev–Trinajstić information content (AvgIpc) is 3.41. The summed E-state index contributed by atoms with van der Waals surface area (Å²) in [4.78, 5) is 12.1. The monoisotopic (exact) mass is 420 g/mol. The Balaban J connectivity index is 1.82. The number of benzene rings is 3. The molecule has 0 fully saturated rings. The Labute approximate surface area is 174 Å². The van der Waals surface area contributed by atoms with E-state index in [1.807, 2.05) is 18.2 Å². The van der Waals surface area contributed by atoms with Gasteiger partial charge in [-0.3, -0.25) is 4.79 Å². The third kappa shape index (κ3) is 2.97. The number of carbonyl (C=O) groups excluding carboxylic acids is 1. The average molecular weight is 420 g/mol. The Hall–Kier alpha value is -4.00. The Morgan fingerprint density at radius 1 is 0.935 bits per heavy atom. The summed E-state index contributed by atoms with van der Waals surface area (Å²) in [5, 5.41) is 1.33. The third-order valence-corrected chi connectivity index (χ3v) is 5.41. The first-order chi connectivity index (χ1) is 15.0. The number of hydrogen-bond donors (Lipinski definition) is 1. The maximum Gasteiger partial charge on any atom is 0.249 e. The fourth-order valence-corrected chi connectivity index (χ4v) is 3.97. The Bertz CT molecular complexity index is 1470. The van der Waals surface area contributed by atoms with E-state index in [1.165, 1.54) is 6.07 Å². The van der Waals surface area contributed by atoms with Crippen molar-refractivity contribution < 1.29 is 22.4 Å². The number of fused-ring (bicyclic) bond motifs is 3. The van der Waals surface area contributed by atoms with Crippen LogP contribution in [-0.2, 0) is 6.54 Å². The fourth-order valence-electron chi connectivity index (χ4n) is 3.97. The van der Waals surface area contributed by atoms with Crippen molar-refractivity contribution in [2.75, 3.05) is 0 Å². The van der Waals surface area contributed by atoms with E-state index in [4.69, 9.17) is 10.2 Å². The van der Waals surface area contributed by atoms with Crippen LogP contribution in [0.1, 0.15) is 15.9 Å². The molecule has 0 spiro atoms. The summed E-state index contributed by atoms with van der Waals surface area (Å²) < 4.78 is 48.9. The molecular weight excluding hydrogens is 405 g/mol. The van der Waals surface area contributed by atoms with Crippen LogP contribution in [0.2, 0.25) is 0 Å². The second kappa shape index (κ2) is 7.05. The number of hydrogen-bond acceptors (Lipinski definition) is 2. The summed E-state index contributed by atoms with van der Waals surface area (Å²) in [6, 6.07) is 16.3. The van der Waals surface area contributed by atoms with Gasteiger partial charge in [0.1, 0.15) is 5.76 Å². The highest BCUT2D eigenvalue weighted by molar-refractivity contribution is 6.18. The Morgan fingerprint density at radius 2 is 1.77 bits per heavy atom. The molecule has 1 amide bonds. The van der Waals surface area contributed by atoms with Crippen molar-refractivity contribution in [2.45, 2.75) is 6.54 Å². The minimum Gasteiger partial charge on any atom is -0.464 e. The van der Waals surface area contributed by atoms with Gasteiger partial charge in [0.2, 0.25) is 5.91 Å². The molecule has 0 saturated heterocycles. The Morgan fingerprint density at radius 3 is 2.52 bits per heavy atom. The van der Waals surface area contributed by atoms with E-state index in [0.717, 1.165) is 17.0 Å². The highest BCUT2D eigenvalue weighted by Gasteiger charge is 2.20. The van der Waals surface area contributed by atoms with Crippen molar-refractivity contribution in [1.29, 1.82) is 0 Å². The van der Waals surface area contributed by atoms with E-state index in [-0.39, 0.29) is 12.1 Å². The number of carbonyl (C=O) groups is 1. The molecule has 2 N–H and O–H groups in total. The second-order valence-electron chi connectivity index (χ2n) is 7.19. The maximum absolute atomic E-state index is 14.4. The van der Waals surface area contributed by atoms with E-state index >= 15 is 0 Å². The Kier molecular flexibility index (Phi) is 4.32. The van der Waals surface area contributed by atoms with Crippen molar-refractivity contribution in [3.63, 3.8) is 0 Å². The normalized spacial score (nSPS) is 11.5. The van der Waals surface area contributed by atoms with E-state index in [9.17, 15) is 18.0 Å². The van der Waals surface area contributed by atoms with Crippen molar-refractivity contribution in [2.24, 2.45) is 5.73 Å². The summed E-state index contributed by atoms with van der Waals surface area (Å²) in [5.74, 6) is -3.98.